The van der Waals surface area contributed by atoms with Gasteiger partial charge in [0.1, 0.15) is 14.9 Å². The number of carbonyl (C=O) groups is 3. The van der Waals surface area contributed by atoms with Gasteiger partial charge in [-0.2, -0.15) is 8.42 Å². The lowest BCUT2D eigenvalue weighted by molar-refractivity contribution is -0.121. The van der Waals surface area contributed by atoms with Gasteiger partial charge in [-0.3, -0.25) is 18.4 Å². The maximum Gasteiger partial charge on any atom is 0.315 e. The van der Waals surface area contributed by atoms with Gasteiger partial charge in [-0.15, -0.1) is 22.7 Å². The van der Waals surface area contributed by atoms with Gasteiger partial charge in [0, 0.05) is 52.8 Å². The Balaban J connectivity index is 0.823. The van der Waals surface area contributed by atoms with Gasteiger partial charge in [-0.25, -0.2) is 14.8 Å². The van der Waals surface area contributed by atoms with Crippen molar-refractivity contribution in [3.63, 3.8) is 0 Å². The molecule has 0 radical (unpaired) electrons. The Morgan fingerprint density at radius 1 is 0.889 bits per heavy atom. The van der Waals surface area contributed by atoms with E-state index in [0.717, 1.165) is 52.0 Å². The van der Waals surface area contributed by atoms with Crippen molar-refractivity contribution in [2.75, 3.05) is 17.6 Å². The first-order chi connectivity index (χ1) is 25.9. The Morgan fingerprint density at radius 2 is 1.59 bits per heavy atom. The Morgan fingerprint density at radius 3 is 2.39 bits per heavy atom. The minimum Gasteiger partial charge on any atom is -0.356 e. The molecule has 2 fully saturated rings. The highest BCUT2D eigenvalue weighted by atomic mass is 32.2. The van der Waals surface area contributed by atoms with E-state index in [-0.39, 0.29) is 40.1 Å². The van der Waals surface area contributed by atoms with Crippen molar-refractivity contribution in [3.05, 3.63) is 60.2 Å². The number of hydrogen-bond donors (Lipinski definition) is 5. The van der Waals surface area contributed by atoms with Gasteiger partial charge in [-0.05, 0) is 86.7 Å². The largest absolute Gasteiger partial charge is 0.356 e. The summed E-state index contributed by atoms with van der Waals surface area (Å²) in [4.78, 5) is 45.7. The van der Waals surface area contributed by atoms with Crippen molar-refractivity contribution in [1.29, 1.82) is 0 Å². The van der Waals surface area contributed by atoms with Crippen LogP contribution < -0.4 is 21.3 Å². The van der Waals surface area contributed by atoms with Crippen LogP contribution in [-0.2, 0) is 30.5 Å². The van der Waals surface area contributed by atoms with E-state index in [4.69, 9.17) is 4.98 Å². The van der Waals surface area contributed by atoms with Crippen molar-refractivity contribution < 1.29 is 31.6 Å². The number of urea groups is 1. The number of aromatic nitrogens is 2. The molecule has 13 nitrogen and oxygen atoms in total. The summed E-state index contributed by atoms with van der Waals surface area (Å²) in [5, 5.41) is 13.0. The summed E-state index contributed by atoms with van der Waals surface area (Å²) in [6.45, 7) is 2.20. The summed E-state index contributed by atoms with van der Waals surface area (Å²) in [5.41, 5.74) is 4.21. The first-order valence-electron chi connectivity index (χ1n) is 17.8. The predicted molar refractivity (Wildman–Crippen MR) is 213 cm³/mol. The molecule has 2 aliphatic heterocycles. The number of fused-ring (bicyclic) bond motifs is 3. The molecule has 4 amide bonds. The van der Waals surface area contributed by atoms with E-state index >= 15 is 0 Å². The zero-order valence-electron chi connectivity index (χ0n) is 29.4. The van der Waals surface area contributed by atoms with Crippen LogP contribution in [0.25, 0.3) is 41.6 Å². The molecule has 2 saturated heterocycles. The Bertz CT molecular complexity index is 2360. The van der Waals surface area contributed by atoms with Crippen molar-refractivity contribution in [1.82, 2.24) is 25.9 Å². The zero-order valence-corrected chi connectivity index (χ0v) is 32.7. The lowest BCUT2D eigenvalue weighted by Crippen LogP contribution is -2.38. The molecule has 2 aromatic heterocycles. The van der Waals surface area contributed by atoms with Crippen molar-refractivity contribution >= 4 is 87.6 Å². The van der Waals surface area contributed by atoms with Crippen LogP contribution in [0.3, 0.4) is 0 Å². The third kappa shape index (κ3) is 8.65. The van der Waals surface area contributed by atoms with E-state index in [1.807, 2.05) is 42.5 Å². The number of rotatable bonds is 15. The first kappa shape index (κ1) is 38.0. The van der Waals surface area contributed by atoms with E-state index in [2.05, 4.69) is 26.3 Å². The number of hydrogen-bond acceptors (Lipinski definition) is 10. The van der Waals surface area contributed by atoms with Crippen molar-refractivity contribution in [2.24, 2.45) is 0 Å². The number of thiazole rings is 2. The molecule has 284 valence electrons. The van der Waals surface area contributed by atoms with E-state index in [1.54, 1.807) is 19.1 Å². The number of anilines is 1. The molecule has 5 N–H and O–H groups in total. The highest BCUT2D eigenvalue weighted by Gasteiger charge is 2.46. The molecule has 5 aromatic rings. The Labute approximate surface area is 323 Å². The maximum atomic E-state index is 12.6. The fourth-order valence-electron chi connectivity index (χ4n) is 6.97. The quantitative estimate of drug-likeness (QED) is 0.0468. The zero-order chi connectivity index (χ0) is 38.0. The summed E-state index contributed by atoms with van der Waals surface area (Å²) in [6.07, 6.45) is 5.30. The van der Waals surface area contributed by atoms with Gasteiger partial charge >= 0.3 is 6.03 Å². The number of nitrogens with one attached hydrogen (secondary N) is 4. The van der Waals surface area contributed by atoms with Crippen LogP contribution in [0.2, 0.25) is 0 Å². The second-order valence-electron chi connectivity index (χ2n) is 13.6. The standard InChI is InChI=1S/C37H40N6O7S4/c1-21-10-16-26-33(34(21)54(48,49)50)52-36(41-26)23-13-17-25-28(19-23)51-35(40-25)22-11-14-24(15-12-22)39-31(45)9-3-2-6-18-38-30(44)8-5-4-7-29-32-27(20-53(29)47)42-37(46)43-32/h10-17,19,27,29,32H,2-9,18,20H2,1H3,(H,38,44)(H,39,45)(H2,42,43,46)(H,48,49,50)/t27-,29-,32-,53?/m0/s1. The molecule has 1 unspecified atom stereocenters. The monoisotopic (exact) mass is 808 g/mol. The van der Waals surface area contributed by atoms with E-state index < -0.39 is 20.9 Å². The lowest BCUT2D eigenvalue weighted by atomic mass is 10.0. The highest BCUT2D eigenvalue weighted by Crippen LogP contribution is 2.38. The lowest BCUT2D eigenvalue weighted by Gasteiger charge is -2.16. The summed E-state index contributed by atoms with van der Waals surface area (Å²) in [7, 11) is -5.37. The SMILES string of the molecule is Cc1ccc2nc(-c3ccc4nc(-c5ccc(NC(=O)CCCCCNC(=O)CCCC[C@H]6[C@H]7NC(=O)N[C@H]7CS6=O)cc5)sc4c3)sc2c1S(=O)(=O)O. The minimum atomic E-state index is -4.40. The van der Waals surface area contributed by atoms with Crippen LogP contribution in [0.5, 0.6) is 0 Å². The minimum absolute atomic E-state index is 0.00767. The number of unbranched alkanes of at least 4 members (excludes halogenated alkanes) is 3. The van der Waals surface area contributed by atoms with Crippen molar-refractivity contribution in [2.45, 2.75) is 80.5 Å². The van der Waals surface area contributed by atoms with E-state index in [9.17, 15) is 31.6 Å². The van der Waals surface area contributed by atoms with Gasteiger partial charge in [-0.1, -0.05) is 18.9 Å². The number of nitrogens with zero attached hydrogens (tertiary/aromatic N) is 2. The average Bonchev–Trinajstić information content (AvgIpc) is 3.90. The highest BCUT2D eigenvalue weighted by molar-refractivity contribution is 7.86. The molecule has 0 aliphatic carbocycles. The molecule has 4 atom stereocenters. The summed E-state index contributed by atoms with van der Waals surface area (Å²) < 4.78 is 47.6. The van der Waals surface area contributed by atoms with E-state index in [0.29, 0.717) is 64.5 Å². The molecule has 17 heteroatoms. The molecule has 3 aromatic carbocycles. The fourth-order valence-corrected chi connectivity index (χ4v) is 12.2. The molecule has 0 bridgehead atoms. The van der Waals surface area contributed by atoms with Crippen LogP contribution in [0.15, 0.2) is 59.5 Å². The van der Waals surface area contributed by atoms with Crippen LogP contribution >= 0.6 is 22.7 Å². The number of carbonyl (C=O) groups excluding carboxylic acids is 3. The molecule has 0 spiro atoms. The average molecular weight is 809 g/mol. The van der Waals surface area contributed by atoms with E-state index in [1.165, 1.54) is 22.7 Å². The van der Waals surface area contributed by atoms with Gasteiger partial charge in [0.25, 0.3) is 10.1 Å². The summed E-state index contributed by atoms with van der Waals surface area (Å²) >= 11 is 2.74. The topological polar surface area (TPSA) is 197 Å². The second kappa shape index (κ2) is 16.2. The molecule has 4 heterocycles. The molecule has 0 saturated carbocycles. The van der Waals surface area contributed by atoms with Gasteiger partial charge < -0.3 is 21.3 Å². The van der Waals surface area contributed by atoms with Crippen LogP contribution in [0, 0.1) is 6.92 Å². The third-order valence-corrected chi connectivity index (χ3v) is 15.0. The van der Waals surface area contributed by atoms with Crippen LogP contribution in [0.4, 0.5) is 10.5 Å². The van der Waals surface area contributed by atoms with Crippen LogP contribution in [0.1, 0.15) is 56.9 Å². The maximum absolute atomic E-state index is 12.6. The van der Waals surface area contributed by atoms with Gasteiger partial charge in [0.05, 0.1) is 37.8 Å². The molecular weight excluding hydrogens is 769 g/mol. The molecule has 54 heavy (non-hydrogen) atoms. The number of amides is 4. The predicted octanol–water partition coefficient (Wildman–Crippen LogP) is 6.15. The third-order valence-electron chi connectivity index (χ3n) is 9.69. The molecule has 7 rings (SSSR count). The Kier molecular flexibility index (Phi) is 11.4. The van der Waals surface area contributed by atoms with Gasteiger partial charge in [0.15, 0.2) is 0 Å². The summed E-state index contributed by atoms with van der Waals surface area (Å²) in [6, 6.07) is 16.4. The fraction of sp³-hybridized carbons (Fsp3) is 0.378. The normalized spacial score (nSPS) is 19.5. The molecular formula is C37H40N6O7S4. The smallest absolute Gasteiger partial charge is 0.315 e. The van der Waals surface area contributed by atoms with Crippen LogP contribution in [-0.4, -0.2) is 74.6 Å². The number of benzene rings is 3. The van der Waals surface area contributed by atoms with Crippen molar-refractivity contribution in [3.8, 4) is 21.1 Å². The number of aryl methyl sites for hydroxylation is 1. The summed E-state index contributed by atoms with van der Waals surface area (Å²) in [5.74, 6) is 0.408. The first-order valence-corrected chi connectivity index (χ1v) is 22.3. The molecule has 2 aliphatic rings. The Hall–Kier alpha value is -4.29. The second-order valence-corrected chi connectivity index (χ2v) is 18.7. The van der Waals surface area contributed by atoms with Gasteiger partial charge in [0.2, 0.25) is 11.8 Å².